The van der Waals surface area contributed by atoms with Gasteiger partial charge in [-0.3, -0.25) is 4.90 Å². The van der Waals surface area contributed by atoms with Crippen LogP contribution in [0.2, 0.25) is 10.0 Å². The Morgan fingerprint density at radius 1 is 1.33 bits per heavy atom. The minimum Gasteiger partial charge on any atom is -0.371 e. The molecule has 3 rings (SSSR count). The van der Waals surface area contributed by atoms with Gasteiger partial charge in [0.05, 0.1) is 29.3 Å². The fourth-order valence-electron chi connectivity index (χ4n) is 2.37. The number of ether oxygens (including phenoxy) is 1. The van der Waals surface area contributed by atoms with E-state index in [2.05, 4.69) is 15.0 Å². The molecule has 0 unspecified atom stereocenters. The quantitative estimate of drug-likeness (QED) is 0.866. The molecule has 7 heteroatoms. The van der Waals surface area contributed by atoms with Gasteiger partial charge in [-0.2, -0.15) is 4.98 Å². The summed E-state index contributed by atoms with van der Waals surface area (Å²) < 4.78 is 10.8. The number of aryl methyl sites for hydroxylation is 1. The van der Waals surface area contributed by atoms with Gasteiger partial charge in [0.1, 0.15) is 0 Å². The van der Waals surface area contributed by atoms with E-state index in [9.17, 15) is 0 Å². The van der Waals surface area contributed by atoms with Crippen LogP contribution in [0.15, 0.2) is 22.7 Å². The van der Waals surface area contributed by atoms with Gasteiger partial charge in [-0.15, -0.1) is 0 Å². The van der Waals surface area contributed by atoms with E-state index >= 15 is 0 Å². The van der Waals surface area contributed by atoms with Gasteiger partial charge < -0.3 is 9.26 Å². The smallest absolute Gasteiger partial charge is 0.223 e. The van der Waals surface area contributed by atoms with Gasteiger partial charge in [0.25, 0.3) is 0 Å². The van der Waals surface area contributed by atoms with Crippen LogP contribution < -0.4 is 0 Å². The van der Waals surface area contributed by atoms with Crippen molar-refractivity contribution >= 4 is 23.2 Å². The first-order valence-electron chi connectivity index (χ1n) is 6.70. The van der Waals surface area contributed by atoms with Crippen LogP contribution in [0.1, 0.15) is 23.4 Å². The fourth-order valence-corrected chi connectivity index (χ4v) is 2.67. The second-order valence-corrected chi connectivity index (χ2v) is 5.81. The highest BCUT2D eigenvalue weighted by Crippen LogP contribution is 2.29. The van der Waals surface area contributed by atoms with E-state index in [-0.39, 0.29) is 6.10 Å². The van der Waals surface area contributed by atoms with Crippen molar-refractivity contribution in [1.29, 1.82) is 0 Å². The molecular weight excluding hydrogens is 313 g/mol. The predicted molar refractivity (Wildman–Crippen MR) is 79.5 cm³/mol. The third-order valence-corrected chi connectivity index (χ3v) is 4.14. The van der Waals surface area contributed by atoms with Crippen LogP contribution in [-0.2, 0) is 11.3 Å². The minimum absolute atomic E-state index is 0.0264. The van der Waals surface area contributed by atoms with Gasteiger partial charge in [0, 0.05) is 20.0 Å². The van der Waals surface area contributed by atoms with E-state index in [1.807, 2.05) is 12.1 Å². The molecule has 2 aromatic rings. The molecule has 1 aliphatic heterocycles. The first-order valence-corrected chi connectivity index (χ1v) is 7.45. The Morgan fingerprint density at radius 3 is 2.90 bits per heavy atom. The number of morpholine rings is 1. The second-order valence-electron chi connectivity index (χ2n) is 5.00. The summed E-state index contributed by atoms with van der Waals surface area (Å²) in [5, 5.41) is 5.02. The monoisotopic (exact) mass is 327 g/mol. The average Bonchev–Trinajstić information content (AvgIpc) is 2.87. The first kappa shape index (κ1) is 14.8. The van der Waals surface area contributed by atoms with Crippen LogP contribution in [0, 0.1) is 6.92 Å². The van der Waals surface area contributed by atoms with E-state index in [0.717, 1.165) is 18.7 Å². The van der Waals surface area contributed by atoms with Crippen molar-refractivity contribution in [3.63, 3.8) is 0 Å². The molecular formula is C14H15Cl2N3O2. The van der Waals surface area contributed by atoms with Crippen molar-refractivity contribution in [3.05, 3.63) is 45.5 Å². The highest BCUT2D eigenvalue weighted by atomic mass is 35.5. The highest BCUT2D eigenvalue weighted by Gasteiger charge is 2.23. The van der Waals surface area contributed by atoms with E-state index in [4.69, 9.17) is 32.5 Å². The van der Waals surface area contributed by atoms with Gasteiger partial charge in [-0.1, -0.05) is 34.4 Å². The fraction of sp³-hybridized carbons (Fsp3) is 0.429. The van der Waals surface area contributed by atoms with Crippen molar-refractivity contribution in [1.82, 2.24) is 15.0 Å². The molecule has 1 saturated heterocycles. The zero-order valence-electron chi connectivity index (χ0n) is 11.6. The highest BCUT2D eigenvalue weighted by molar-refractivity contribution is 6.42. The Bertz CT molecular complexity index is 632. The number of nitrogens with zero attached hydrogens (tertiary/aromatic N) is 3. The zero-order valence-corrected chi connectivity index (χ0v) is 13.1. The Labute approximate surface area is 132 Å². The van der Waals surface area contributed by atoms with Crippen LogP contribution in [0.5, 0.6) is 0 Å². The van der Waals surface area contributed by atoms with Crippen molar-refractivity contribution in [2.45, 2.75) is 19.6 Å². The van der Waals surface area contributed by atoms with Crippen LogP contribution >= 0.6 is 23.2 Å². The summed E-state index contributed by atoms with van der Waals surface area (Å²) in [7, 11) is 0. The molecule has 0 bridgehead atoms. The summed E-state index contributed by atoms with van der Waals surface area (Å²) in [4.78, 5) is 6.47. The summed E-state index contributed by atoms with van der Waals surface area (Å²) in [5.74, 6) is 1.28. The van der Waals surface area contributed by atoms with Crippen molar-refractivity contribution in [2.75, 3.05) is 19.7 Å². The summed E-state index contributed by atoms with van der Waals surface area (Å²) >= 11 is 12.0. The van der Waals surface area contributed by atoms with Crippen LogP contribution in [0.25, 0.3) is 0 Å². The molecule has 0 aliphatic carbocycles. The maximum atomic E-state index is 6.07. The third-order valence-electron chi connectivity index (χ3n) is 3.40. The predicted octanol–water partition coefficient (Wildman–Crippen LogP) is 3.26. The Kier molecular flexibility index (Phi) is 4.45. The van der Waals surface area contributed by atoms with Gasteiger partial charge in [0.15, 0.2) is 5.82 Å². The van der Waals surface area contributed by atoms with Crippen molar-refractivity contribution in [3.8, 4) is 0 Å². The Hall–Kier alpha value is -1.14. The zero-order chi connectivity index (χ0) is 14.8. The molecule has 5 nitrogen and oxygen atoms in total. The first-order chi connectivity index (χ1) is 10.1. The number of halogens is 2. The molecule has 112 valence electrons. The lowest BCUT2D eigenvalue weighted by Crippen LogP contribution is -2.38. The summed E-state index contributed by atoms with van der Waals surface area (Å²) in [6.07, 6.45) is -0.0264. The van der Waals surface area contributed by atoms with Crippen LogP contribution in [-0.4, -0.2) is 34.7 Å². The maximum Gasteiger partial charge on any atom is 0.223 e. The topological polar surface area (TPSA) is 51.4 Å². The number of hydrogen-bond donors (Lipinski definition) is 0. The molecule has 0 saturated carbocycles. The molecule has 1 atom stereocenters. The van der Waals surface area contributed by atoms with E-state index < -0.39 is 0 Å². The molecule has 1 fully saturated rings. The summed E-state index contributed by atoms with van der Waals surface area (Å²) in [6.45, 7) is 4.69. The van der Waals surface area contributed by atoms with E-state index in [1.165, 1.54) is 0 Å². The van der Waals surface area contributed by atoms with E-state index in [1.54, 1.807) is 13.0 Å². The SMILES string of the molecule is Cc1nc(CN2CCO[C@@H](c3ccc(Cl)c(Cl)c3)C2)no1. The van der Waals surface area contributed by atoms with Gasteiger partial charge >= 0.3 is 0 Å². The lowest BCUT2D eigenvalue weighted by atomic mass is 10.1. The van der Waals surface area contributed by atoms with Crippen LogP contribution in [0.3, 0.4) is 0 Å². The maximum absolute atomic E-state index is 6.07. The molecule has 1 aromatic carbocycles. The number of rotatable bonds is 3. The Balaban J connectivity index is 1.68. The number of aromatic nitrogens is 2. The average molecular weight is 328 g/mol. The summed E-state index contributed by atoms with van der Waals surface area (Å²) in [5.41, 5.74) is 1.03. The van der Waals surface area contributed by atoms with Crippen molar-refractivity contribution < 1.29 is 9.26 Å². The van der Waals surface area contributed by atoms with Gasteiger partial charge in [-0.05, 0) is 17.7 Å². The number of hydrogen-bond acceptors (Lipinski definition) is 5. The molecule has 0 radical (unpaired) electrons. The molecule has 1 aromatic heterocycles. The van der Waals surface area contributed by atoms with Gasteiger partial charge in [0.2, 0.25) is 5.89 Å². The third kappa shape index (κ3) is 3.55. The lowest BCUT2D eigenvalue weighted by molar-refractivity contribution is -0.0338. The molecule has 0 N–H and O–H groups in total. The Morgan fingerprint density at radius 2 is 2.19 bits per heavy atom. The standard InChI is InChI=1S/C14H15Cl2N3O2/c1-9-17-14(18-21-9)8-19-4-5-20-13(7-19)10-2-3-11(15)12(16)6-10/h2-3,6,13H,4-5,7-8H2,1H3/t13-/m1/s1. The molecule has 1 aliphatic rings. The van der Waals surface area contributed by atoms with Crippen LogP contribution in [0.4, 0.5) is 0 Å². The molecule has 0 spiro atoms. The van der Waals surface area contributed by atoms with Gasteiger partial charge in [-0.25, -0.2) is 0 Å². The lowest BCUT2D eigenvalue weighted by Gasteiger charge is -2.32. The normalized spacial score (nSPS) is 19.9. The minimum atomic E-state index is -0.0264. The number of benzene rings is 1. The second kappa shape index (κ2) is 6.32. The molecule has 2 heterocycles. The van der Waals surface area contributed by atoms with Crippen molar-refractivity contribution in [2.24, 2.45) is 0 Å². The molecule has 0 amide bonds. The largest absolute Gasteiger partial charge is 0.371 e. The summed E-state index contributed by atoms with van der Waals surface area (Å²) in [6, 6.07) is 5.60. The molecule has 21 heavy (non-hydrogen) atoms. The van der Waals surface area contributed by atoms with E-state index in [0.29, 0.717) is 34.9 Å².